The number of rotatable bonds is 0. The molecule has 0 heterocycles. The molecule has 0 atom stereocenters. The van der Waals surface area contributed by atoms with Crippen LogP contribution in [0.15, 0.2) is 23.5 Å². The molecule has 4 nitrogen and oxygen atoms in total. The molecule has 1 aromatic rings. The number of aromatic hydroxyl groups is 1. The average molecular weight is 374 g/mol. The van der Waals surface area contributed by atoms with Crippen LogP contribution in [0.5, 0.6) is 5.75 Å². The van der Waals surface area contributed by atoms with Crippen LogP contribution >= 0.6 is 11.6 Å². The van der Waals surface area contributed by atoms with Gasteiger partial charge >= 0.3 is 74.9 Å². The van der Waals surface area contributed by atoms with E-state index in [1.807, 2.05) is 0 Å². The Morgan fingerprint density at radius 2 is 2.08 bits per heavy atom. The third kappa shape index (κ3) is 4.51. The van der Waals surface area contributed by atoms with E-state index in [0.29, 0.717) is 36.9 Å². The molecule has 0 spiro atoms. The van der Waals surface area contributed by atoms with Crippen LogP contribution in [0.2, 0.25) is 5.02 Å². The number of phenolic OH excluding ortho intramolecular Hbond substituents is 1. The molecule has 0 aromatic heterocycles. The van der Waals surface area contributed by atoms with Crippen molar-refractivity contribution in [3.05, 3.63) is 33.3 Å². The van der Waals surface area contributed by atoms with Crippen LogP contribution in [-0.2, 0) is 26.1 Å². The third-order valence-corrected chi connectivity index (χ3v) is 3.48. The van der Waals surface area contributed by atoms with Crippen molar-refractivity contribution in [3.63, 3.8) is 0 Å². The number of hydrogen-bond donors (Lipinski definition) is 1. The molecule has 0 fully saturated rings. The Kier molecular flexibility index (Phi) is 6.01. The summed E-state index contributed by atoms with van der Waals surface area (Å²) in [5.74, 6) is 0.378. The van der Waals surface area contributed by atoms with Gasteiger partial charge in [0.05, 0.1) is 0 Å². The Hall–Kier alpha value is -0.355. The van der Waals surface area contributed by atoms with Gasteiger partial charge in [0.1, 0.15) is 0 Å². The van der Waals surface area contributed by atoms with Crippen molar-refractivity contribution in [3.8, 4) is 5.75 Å². The Bertz CT molecular complexity index is 269. The molecule has 0 aliphatic heterocycles. The number of phenols is 1. The SMILES string of the molecule is O=N[O-].Oc1ccc(Cl)c[c]1[Hg]. The summed E-state index contributed by atoms with van der Waals surface area (Å²) in [7, 11) is 0. The van der Waals surface area contributed by atoms with Crippen molar-refractivity contribution < 1.29 is 31.2 Å². The summed E-state index contributed by atoms with van der Waals surface area (Å²) < 4.78 is 1.00. The molecule has 0 aliphatic rings. The molecule has 61 valence electrons. The van der Waals surface area contributed by atoms with Crippen molar-refractivity contribution >= 4 is 14.7 Å². The van der Waals surface area contributed by atoms with E-state index in [2.05, 4.69) is 0 Å². The van der Waals surface area contributed by atoms with Crippen LogP contribution < -0.4 is 3.07 Å². The van der Waals surface area contributed by atoms with E-state index in [1.165, 1.54) is 0 Å². The van der Waals surface area contributed by atoms with Gasteiger partial charge in [-0.15, -0.1) is 5.34 Å². The molecule has 0 amide bonds. The Morgan fingerprint density at radius 1 is 1.58 bits per heavy atom. The summed E-state index contributed by atoms with van der Waals surface area (Å²) in [5.41, 5.74) is 0. The Labute approximate surface area is 90.1 Å². The maximum atomic E-state index is 9.03. The maximum absolute atomic E-state index is 9.03. The van der Waals surface area contributed by atoms with Crippen LogP contribution in [0.3, 0.4) is 0 Å². The zero-order valence-corrected chi connectivity index (χ0v) is 12.3. The number of hydrogen-bond acceptors (Lipinski definition) is 4. The normalized spacial score (nSPS) is 8.25. The van der Waals surface area contributed by atoms with Gasteiger partial charge in [0.2, 0.25) is 0 Å². The molecule has 1 aromatic carbocycles. The summed E-state index contributed by atoms with van der Waals surface area (Å²) in [6, 6.07) is 5.12. The van der Waals surface area contributed by atoms with Gasteiger partial charge in [0.25, 0.3) is 0 Å². The fraction of sp³-hybridized carbons (Fsp3) is 0. The second-order valence-corrected chi connectivity index (χ2v) is 5.25. The van der Waals surface area contributed by atoms with E-state index >= 15 is 0 Å². The quantitative estimate of drug-likeness (QED) is 0.425. The van der Waals surface area contributed by atoms with Crippen molar-refractivity contribution in [2.75, 3.05) is 0 Å². The van der Waals surface area contributed by atoms with Crippen LogP contribution in [0.25, 0.3) is 0 Å². The fourth-order valence-corrected chi connectivity index (χ4v) is 2.56. The van der Waals surface area contributed by atoms with Crippen molar-refractivity contribution in [1.82, 2.24) is 0 Å². The third-order valence-electron chi connectivity index (χ3n) is 1.04. The Balaban J connectivity index is 0.000000354. The van der Waals surface area contributed by atoms with E-state index in [0.717, 1.165) is 8.41 Å². The predicted octanol–water partition coefficient (Wildman–Crippen LogP) is 1.47. The minimum absolute atomic E-state index is 0.378. The molecule has 0 bridgehead atoms. The molecular weight excluding hydrogens is 370 g/mol. The predicted molar refractivity (Wildman–Crippen MR) is 41.9 cm³/mol. The summed E-state index contributed by atoms with van der Waals surface area (Å²) in [5, 5.41) is 18.7. The zero-order chi connectivity index (χ0) is 9.56. The summed E-state index contributed by atoms with van der Waals surface area (Å²) in [4.78, 5) is 8.00. The van der Waals surface area contributed by atoms with E-state index < -0.39 is 0 Å². The van der Waals surface area contributed by atoms with Gasteiger partial charge in [0, 0.05) is 0 Å². The van der Waals surface area contributed by atoms with E-state index in [4.69, 9.17) is 26.8 Å². The standard InChI is InChI=1S/C6H4ClO.Hg.HNO2/c7-5-1-3-6(8)4-2-5;;2-1-3/h1-3,8H;;(H,2,3)/p-1. The van der Waals surface area contributed by atoms with Crippen LogP contribution in [0.1, 0.15) is 0 Å². The average Bonchev–Trinajstić information content (AvgIpc) is 1.99. The molecule has 1 N–H and O–H groups in total. The second kappa shape index (κ2) is 6.19. The molecule has 0 aliphatic carbocycles. The first-order chi connectivity index (χ1) is 5.61. The molecule has 0 radical (unpaired) electrons. The van der Waals surface area contributed by atoms with Gasteiger partial charge < -0.3 is 10.1 Å². The molecular formula is C6H4ClHgNO3-. The summed E-state index contributed by atoms with van der Waals surface area (Å²) in [6.07, 6.45) is 0. The van der Waals surface area contributed by atoms with Crippen LogP contribution in [0.4, 0.5) is 0 Å². The van der Waals surface area contributed by atoms with Gasteiger partial charge in [-0.25, -0.2) is 0 Å². The molecule has 0 saturated heterocycles. The fourth-order valence-electron chi connectivity index (χ4n) is 0.554. The van der Waals surface area contributed by atoms with Gasteiger partial charge in [-0.1, -0.05) is 0 Å². The van der Waals surface area contributed by atoms with Crippen LogP contribution in [-0.4, -0.2) is 5.11 Å². The topological polar surface area (TPSA) is 72.7 Å². The summed E-state index contributed by atoms with van der Waals surface area (Å²) >= 11 is 6.09. The number of nitrogens with zero attached hydrogens (tertiary/aromatic N) is 1. The van der Waals surface area contributed by atoms with Crippen molar-refractivity contribution in [2.24, 2.45) is 5.34 Å². The first-order valence-corrected chi connectivity index (χ1v) is 6.00. The molecule has 6 heteroatoms. The first kappa shape index (κ1) is 11.6. The first-order valence-electron chi connectivity index (χ1n) is 2.87. The van der Waals surface area contributed by atoms with Crippen molar-refractivity contribution in [2.45, 2.75) is 0 Å². The minimum atomic E-state index is 0.378. The van der Waals surface area contributed by atoms with Gasteiger partial charge in [-0.05, 0) is 0 Å². The van der Waals surface area contributed by atoms with E-state index in [9.17, 15) is 0 Å². The van der Waals surface area contributed by atoms with Gasteiger partial charge in [-0.3, -0.25) is 0 Å². The van der Waals surface area contributed by atoms with Gasteiger partial charge in [-0.2, -0.15) is 0 Å². The molecule has 12 heavy (non-hydrogen) atoms. The molecule has 0 saturated carbocycles. The zero-order valence-electron chi connectivity index (χ0n) is 6.03. The monoisotopic (exact) mass is 375 g/mol. The van der Waals surface area contributed by atoms with Crippen LogP contribution in [0, 0.1) is 10.1 Å². The van der Waals surface area contributed by atoms with Crippen molar-refractivity contribution in [1.29, 1.82) is 0 Å². The number of benzene rings is 1. The molecule has 0 unspecified atom stereocenters. The Morgan fingerprint density at radius 3 is 2.42 bits per heavy atom. The van der Waals surface area contributed by atoms with E-state index in [1.54, 1.807) is 18.2 Å². The number of halogens is 1. The van der Waals surface area contributed by atoms with Gasteiger partial charge in [0.15, 0.2) is 0 Å². The second-order valence-electron chi connectivity index (χ2n) is 1.85. The molecule has 1 rings (SSSR count). The van der Waals surface area contributed by atoms with E-state index in [-0.39, 0.29) is 0 Å². The summed E-state index contributed by atoms with van der Waals surface area (Å²) in [6.45, 7) is 0.